The molecule has 1 heterocycles. The lowest BCUT2D eigenvalue weighted by atomic mass is 10.1. The second kappa shape index (κ2) is 35.1. The van der Waals surface area contributed by atoms with Crippen molar-refractivity contribution in [2.75, 3.05) is 19.8 Å². The number of rotatable bonds is 38. The van der Waals surface area contributed by atoms with Gasteiger partial charge in [-0.05, 0) is 77.0 Å². The molecule has 0 amide bonds. The largest absolute Gasteiger partial charge is 0.480 e. The Morgan fingerprint density at radius 2 is 1.18 bits per heavy atom. The molecule has 0 radical (unpaired) electrons. The van der Waals surface area contributed by atoms with Crippen LogP contribution in [0.25, 0.3) is 0 Å². The number of carbonyl (C=O) groups excluding carboxylic acids is 2. The van der Waals surface area contributed by atoms with Crippen molar-refractivity contribution >= 4 is 25.7 Å². The van der Waals surface area contributed by atoms with Gasteiger partial charge in [-0.15, -0.1) is 0 Å². The zero-order valence-electron chi connectivity index (χ0n) is 34.9. The summed E-state index contributed by atoms with van der Waals surface area (Å²) in [6.07, 6.45) is 41.8. The number of hydrogen-bond donors (Lipinski definition) is 3. The summed E-state index contributed by atoms with van der Waals surface area (Å²) in [7, 11) is -4.74. The van der Waals surface area contributed by atoms with Crippen LogP contribution in [0.2, 0.25) is 0 Å². The quantitative estimate of drug-likeness (QED) is 0.0176. The molecule has 0 spiro atoms. The SMILES string of the molecule is CCCCC/C=C\C/C=C\C/C=C\C/C=C\CCCC(=O)OC[C@H](COP(=O)(O)OC[C@H](N)C(=O)O)OC(=O)CCCCCCC/C=C\CC1OC1CCCCC. The molecule has 0 aliphatic carbocycles. The number of carboxylic acids is 1. The maximum atomic E-state index is 12.6. The molecule has 1 aliphatic heterocycles. The smallest absolute Gasteiger partial charge is 0.472 e. The van der Waals surface area contributed by atoms with Gasteiger partial charge in [-0.2, -0.15) is 0 Å². The number of carbonyl (C=O) groups is 3. The monoisotopic (exact) mass is 823 g/mol. The Morgan fingerprint density at radius 3 is 1.82 bits per heavy atom. The van der Waals surface area contributed by atoms with Crippen molar-refractivity contribution in [1.29, 1.82) is 0 Å². The standard InChI is InChI=1S/C44H74NO11P/c1-3-5-7-8-9-10-11-12-13-14-15-16-17-18-22-25-29-33-42(46)52-35-38(36-53-57(50,51)54-37-39(45)44(48)49)55-43(47)34-30-26-23-20-19-21-24-28-32-41-40(56-41)31-27-6-4-2/h9-10,12-13,15-16,18,22,24,28,38-41H,3-8,11,14,17,19-21,23,25-27,29-37,45H2,1-2H3,(H,48,49)(H,50,51)/b10-9-,13-12-,16-15-,22-18-,28-24-/t38-,39+,40?,41?/m1/s1. The van der Waals surface area contributed by atoms with Crippen LogP contribution in [0.4, 0.5) is 0 Å². The number of hydrogen-bond acceptors (Lipinski definition) is 10. The molecule has 0 aromatic carbocycles. The van der Waals surface area contributed by atoms with Crippen molar-refractivity contribution in [3.63, 3.8) is 0 Å². The number of ether oxygens (including phenoxy) is 3. The van der Waals surface area contributed by atoms with E-state index in [1.807, 2.05) is 12.2 Å². The molecule has 12 nitrogen and oxygen atoms in total. The Balaban J connectivity index is 2.34. The van der Waals surface area contributed by atoms with Crippen LogP contribution in [0.3, 0.4) is 0 Å². The van der Waals surface area contributed by atoms with Gasteiger partial charge in [0.25, 0.3) is 0 Å². The van der Waals surface area contributed by atoms with Crippen molar-refractivity contribution in [2.45, 2.75) is 179 Å². The van der Waals surface area contributed by atoms with Gasteiger partial charge in [-0.25, -0.2) is 4.57 Å². The number of unbranched alkanes of at least 4 members (excludes halogenated alkanes) is 11. The van der Waals surface area contributed by atoms with Gasteiger partial charge in [0.15, 0.2) is 6.10 Å². The fourth-order valence-electron chi connectivity index (χ4n) is 5.65. The number of phosphoric ester groups is 1. The van der Waals surface area contributed by atoms with Gasteiger partial charge in [-0.1, -0.05) is 126 Å². The van der Waals surface area contributed by atoms with E-state index in [0.717, 1.165) is 64.2 Å². The molecule has 0 aromatic rings. The Kier molecular flexibility index (Phi) is 32.1. The first kappa shape index (κ1) is 52.2. The van der Waals surface area contributed by atoms with E-state index < -0.39 is 51.1 Å². The van der Waals surface area contributed by atoms with Crippen LogP contribution in [0.5, 0.6) is 0 Å². The molecule has 0 bridgehead atoms. The van der Waals surface area contributed by atoms with Gasteiger partial charge in [0.1, 0.15) is 12.6 Å². The van der Waals surface area contributed by atoms with Crippen LogP contribution in [0, 0.1) is 0 Å². The lowest BCUT2D eigenvalue weighted by Crippen LogP contribution is -2.34. The van der Waals surface area contributed by atoms with Gasteiger partial charge in [0.2, 0.25) is 0 Å². The first-order chi connectivity index (χ1) is 27.6. The summed E-state index contributed by atoms with van der Waals surface area (Å²) in [4.78, 5) is 45.9. The Bertz CT molecular complexity index is 1260. The molecule has 1 rings (SSSR count). The van der Waals surface area contributed by atoms with E-state index >= 15 is 0 Å². The highest BCUT2D eigenvalue weighted by molar-refractivity contribution is 7.47. The molecular formula is C44H74NO11P. The van der Waals surface area contributed by atoms with Gasteiger partial charge >= 0.3 is 25.7 Å². The fourth-order valence-corrected chi connectivity index (χ4v) is 6.43. The second-order valence-electron chi connectivity index (χ2n) is 14.5. The van der Waals surface area contributed by atoms with E-state index in [1.54, 1.807) is 0 Å². The highest BCUT2D eigenvalue weighted by atomic mass is 31.2. The summed E-state index contributed by atoms with van der Waals surface area (Å²) in [5.41, 5.74) is 5.33. The van der Waals surface area contributed by atoms with E-state index in [-0.39, 0.29) is 19.4 Å². The van der Waals surface area contributed by atoms with Crippen molar-refractivity contribution in [3.05, 3.63) is 60.8 Å². The fraction of sp³-hybridized carbons (Fsp3) is 0.705. The molecule has 0 aromatic heterocycles. The minimum atomic E-state index is -4.74. The normalized spacial score (nSPS) is 17.9. The first-order valence-electron chi connectivity index (χ1n) is 21.4. The summed E-state index contributed by atoms with van der Waals surface area (Å²) in [5, 5.41) is 8.89. The molecule has 0 saturated carbocycles. The molecule has 5 atom stereocenters. The molecule has 57 heavy (non-hydrogen) atoms. The predicted molar refractivity (Wildman–Crippen MR) is 225 cm³/mol. The summed E-state index contributed by atoms with van der Waals surface area (Å²) in [5.74, 6) is -2.48. The number of allylic oxidation sites excluding steroid dienone is 9. The highest BCUT2D eigenvalue weighted by Gasteiger charge is 2.36. The third-order valence-electron chi connectivity index (χ3n) is 9.16. The second-order valence-corrected chi connectivity index (χ2v) is 16.0. The van der Waals surface area contributed by atoms with Crippen molar-refractivity contribution in [1.82, 2.24) is 0 Å². The van der Waals surface area contributed by atoms with Gasteiger partial charge < -0.3 is 29.9 Å². The molecule has 1 fully saturated rings. The number of phosphoric acid groups is 1. The van der Waals surface area contributed by atoms with E-state index in [1.165, 1.54) is 44.9 Å². The lowest BCUT2D eigenvalue weighted by Gasteiger charge is -2.20. The van der Waals surface area contributed by atoms with E-state index in [0.29, 0.717) is 31.5 Å². The molecule has 1 aliphatic rings. The summed E-state index contributed by atoms with van der Waals surface area (Å²) < 4.78 is 38.3. The molecule has 1 saturated heterocycles. The molecule has 13 heteroatoms. The zero-order valence-corrected chi connectivity index (χ0v) is 35.7. The number of epoxide rings is 1. The van der Waals surface area contributed by atoms with Gasteiger partial charge in [0.05, 0.1) is 25.4 Å². The number of esters is 2. The van der Waals surface area contributed by atoms with Crippen LogP contribution in [-0.2, 0) is 42.2 Å². The van der Waals surface area contributed by atoms with E-state index in [9.17, 15) is 23.8 Å². The molecule has 3 unspecified atom stereocenters. The Morgan fingerprint density at radius 1 is 0.649 bits per heavy atom. The Hall–Kier alpha value is -2.86. The summed E-state index contributed by atoms with van der Waals surface area (Å²) >= 11 is 0. The maximum absolute atomic E-state index is 12.6. The molecule has 326 valence electrons. The minimum Gasteiger partial charge on any atom is -0.480 e. The first-order valence-corrected chi connectivity index (χ1v) is 22.9. The third-order valence-corrected chi connectivity index (χ3v) is 10.1. The van der Waals surface area contributed by atoms with E-state index in [4.69, 9.17) is 29.6 Å². The van der Waals surface area contributed by atoms with Crippen LogP contribution in [0.1, 0.15) is 155 Å². The predicted octanol–water partition coefficient (Wildman–Crippen LogP) is 10.2. The minimum absolute atomic E-state index is 0.126. The molecular weight excluding hydrogens is 749 g/mol. The topological polar surface area (TPSA) is 184 Å². The highest BCUT2D eigenvalue weighted by Crippen LogP contribution is 2.43. The van der Waals surface area contributed by atoms with Crippen LogP contribution >= 0.6 is 7.82 Å². The average Bonchev–Trinajstić information content (AvgIpc) is 3.94. The number of carboxylic acid groups (broad SMARTS) is 1. The van der Waals surface area contributed by atoms with Crippen LogP contribution < -0.4 is 5.73 Å². The average molecular weight is 824 g/mol. The zero-order chi connectivity index (χ0) is 41.8. The maximum Gasteiger partial charge on any atom is 0.472 e. The number of aliphatic carboxylic acids is 1. The van der Waals surface area contributed by atoms with Crippen molar-refractivity contribution < 1.29 is 52.2 Å². The van der Waals surface area contributed by atoms with Gasteiger partial charge in [0, 0.05) is 12.8 Å². The number of nitrogens with two attached hydrogens (primary N) is 1. The Labute approximate surface area is 343 Å². The van der Waals surface area contributed by atoms with E-state index in [2.05, 4.69) is 67.0 Å². The van der Waals surface area contributed by atoms with Crippen molar-refractivity contribution in [3.8, 4) is 0 Å². The van der Waals surface area contributed by atoms with Crippen LogP contribution in [-0.4, -0.2) is 72.1 Å². The van der Waals surface area contributed by atoms with Crippen molar-refractivity contribution in [2.24, 2.45) is 5.73 Å². The summed E-state index contributed by atoms with van der Waals surface area (Å²) in [6.45, 7) is 2.65. The lowest BCUT2D eigenvalue weighted by molar-refractivity contribution is -0.161. The summed E-state index contributed by atoms with van der Waals surface area (Å²) in [6, 6.07) is -1.54. The van der Waals surface area contributed by atoms with Gasteiger partial charge in [-0.3, -0.25) is 23.4 Å². The molecule has 4 N–H and O–H groups in total. The van der Waals surface area contributed by atoms with Crippen LogP contribution in [0.15, 0.2) is 60.8 Å². The third kappa shape index (κ3) is 32.8.